The van der Waals surface area contributed by atoms with Gasteiger partial charge in [0.25, 0.3) is 0 Å². The molecule has 0 aliphatic carbocycles. The van der Waals surface area contributed by atoms with E-state index >= 15 is 0 Å². The molecule has 0 saturated heterocycles. The third-order valence-electron chi connectivity index (χ3n) is 2.52. The van der Waals surface area contributed by atoms with E-state index in [1.54, 1.807) is 0 Å². The zero-order valence-electron chi connectivity index (χ0n) is 10.0. The second-order valence-electron chi connectivity index (χ2n) is 4.27. The Morgan fingerprint density at radius 2 is 1.93 bits per heavy atom. The Labute approximate surface area is 93.1 Å². The van der Waals surface area contributed by atoms with E-state index in [-0.39, 0.29) is 0 Å². The van der Waals surface area contributed by atoms with Gasteiger partial charge in [-0.2, -0.15) is 0 Å². The number of nitrogens with two attached hydrogens (primary N) is 1. The Morgan fingerprint density at radius 1 is 1.27 bits per heavy atom. The molecule has 0 aliphatic heterocycles. The summed E-state index contributed by atoms with van der Waals surface area (Å²) in [6.45, 7) is 9.42. The van der Waals surface area contributed by atoms with Gasteiger partial charge in [0.05, 0.1) is 0 Å². The van der Waals surface area contributed by atoms with Crippen LogP contribution in [0.2, 0.25) is 0 Å². The number of anilines is 1. The molecule has 0 spiro atoms. The summed E-state index contributed by atoms with van der Waals surface area (Å²) >= 11 is 0. The predicted molar refractivity (Wildman–Crippen MR) is 67.1 cm³/mol. The van der Waals surface area contributed by atoms with Crippen molar-refractivity contribution in [1.29, 1.82) is 0 Å². The molecule has 0 unspecified atom stereocenters. The largest absolute Gasteiger partial charge is 0.371 e. The lowest BCUT2D eigenvalue weighted by atomic mass is 10.1. The van der Waals surface area contributed by atoms with Crippen molar-refractivity contribution in [1.82, 2.24) is 0 Å². The van der Waals surface area contributed by atoms with Gasteiger partial charge in [-0.15, -0.1) is 0 Å². The molecule has 0 saturated carbocycles. The molecule has 0 amide bonds. The lowest BCUT2D eigenvalue weighted by Gasteiger charge is -2.27. The summed E-state index contributed by atoms with van der Waals surface area (Å²) in [6.07, 6.45) is 0. The van der Waals surface area contributed by atoms with E-state index in [9.17, 15) is 0 Å². The van der Waals surface area contributed by atoms with E-state index in [4.69, 9.17) is 5.73 Å². The topological polar surface area (TPSA) is 29.3 Å². The first-order chi connectivity index (χ1) is 7.19. The predicted octanol–water partition coefficient (Wildman–Crippen LogP) is 2.63. The van der Waals surface area contributed by atoms with E-state index in [1.165, 1.54) is 11.3 Å². The number of rotatable bonds is 5. The number of benzene rings is 1. The molecule has 1 aromatic rings. The maximum Gasteiger partial charge on any atom is 0.0411 e. The average molecular weight is 206 g/mol. The molecule has 2 heteroatoms. The fourth-order valence-corrected chi connectivity index (χ4v) is 1.83. The van der Waals surface area contributed by atoms with Crippen molar-refractivity contribution in [2.24, 2.45) is 11.7 Å². The Balaban J connectivity index is 2.90. The van der Waals surface area contributed by atoms with Gasteiger partial charge in [0.2, 0.25) is 0 Å². The monoisotopic (exact) mass is 206 g/mol. The Bertz CT molecular complexity index is 294. The molecule has 0 atom stereocenters. The molecule has 0 radical (unpaired) electrons. The fraction of sp³-hybridized carbons (Fsp3) is 0.538. The van der Waals surface area contributed by atoms with E-state index in [1.807, 2.05) is 0 Å². The van der Waals surface area contributed by atoms with Gasteiger partial charge in [-0.3, -0.25) is 0 Å². The summed E-state index contributed by atoms with van der Waals surface area (Å²) in [5, 5.41) is 0. The molecule has 1 rings (SSSR count). The van der Waals surface area contributed by atoms with Crippen LogP contribution in [0, 0.1) is 5.92 Å². The van der Waals surface area contributed by atoms with Crippen LogP contribution in [-0.2, 0) is 6.54 Å². The summed E-state index contributed by atoms with van der Waals surface area (Å²) < 4.78 is 0. The van der Waals surface area contributed by atoms with Crippen molar-refractivity contribution in [3.05, 3.63) is 29.8 Å². The zero-order valence-corrected chi connectivity index (χ0v) is 10.0. The first-order valence-electron chi connectivity index (χ1n) is 5.72. The minimum atomic E-state index is 0.616. The van der Waals surface area contributed by atoms with Gasteiger partial charge in [-0.1, -0.05) is 32.0 Å². The van der Waals surface area contributed by atoms with E-state index in [0.717, 1.165) is 13.1 Å². The quantitative estimate of drug-likeness (QED) is 0.802. The van der Waals surface area contributed by atoms with Gasteiger partial charge in [0.15, 0.2) is 0 Å². The fourth-order valence-electron chi connectivity index (χ4n) is 1.83. The first kappa shape index (κ1) is 12.1. The molecule has 0 bridgehead atoms. The second kappa shape index (κ2) is 5.76. The third-order valence-corrected chi connectivity index (χ3v) is 2.52. The smallest absolute Gasteiger partial charge is 0.0411 e. The Hall–Kier alpha value is -1.02. The summed E-state index contributed by atoms with van der Waals surface area (Å²) in [7, 11) is 0. The van der Waals surface area contributed by atoms with Gasteiger partial charge in [-0.05, 0) is 24.5 Å². The Kier molecular flexibility index (Phi) is 4.63. The molecule has 2 N–H and O–H groups in total. The number of hydrogen-bond donors (Lipinski definition) is 1. The SMILES string of the molecule is CCN(CC(C)C)c1ccccc1CN. The van der Waals surface area contributed by atoms with Gasteiger partial charge >= 0.3 is 0 Å². The molecule has 84 valence electrons. The van der Waals surface area contributed by atoms with Crippen molar-refractivity contribution in [2.75, 3.05) is 18.0 Å². The van der Waals surface area contributed by atoms with Crippen molar-refractivity contribution < 1.29 is 0 Å². The van der Waals surface area contributed by atoms with Crippen LogP contribution in [-0.4, -0.2) is 13.1 Å². The Morgan fingerprint density at radius 3 is 2.47 bits per heavy atom. The molecule has 15 heavy (non-hydrogen) atoms. The number of hydrogen-bond acceptors (Lipinski definition) is 2. The van der Waals surface area contributed by atoms with Crippen LogP contribution < -0.4 is 10.6 Å². The highest BCUT2D eigenvalue weighted by atomic mass is 15.1. The van der Waals surface area contributed by atoms with Crippen molar-refractivity contribution >= 4 is 5.69 Å². The molecule has 0 heterocycles. The number of para-hydroxylation sites is 1. The maximum absolute atomic E-state index is 5.75. The molecule has 0 aliphatic rings. The molecule has 2 nitrogen and oxygen atoms in total. The molecule has 1 aromatic carbocycles. The number of nitrogens with zero attached hydrogens (tertiary/aromatic N) is 1. The zero-order chi connectivity index (χ0) is 11.3. The van der Waals surface area contributed by atoms with Gasteiger partial charge in [-0.25, -0.2) is 0 Å². The van der Waals surface area contributed by atoms with Crippen LogP contribution in [0.15, 0.2) is 24.3 Å². The van der Waals surface area contributed by atoms with Gasteiger partial charge in [0.1, 0.15) is 0 Å². The van der Waals surface area contributed by atoms with E-state index < -0.39 is 0 Å². The highest BCUT2D eigenvalue weighted by Crippen LogP contribution is 2.20. The first-order valence-corrected chi connectivity index (χ1v) is 5.72. The maximum atomic E-state index is 5.75. The highest BCUT2D eigenvalue weighted by molar-refractivity contribution is 5.53. The standard InChI is InChI=1S/C13H22N2/c1-4-15(10-11(2)3)13-8-6-5-7-12(13)9-14/h5-8,11H,4,9-10,14H2,1-3H3. The summed E-state index contributed by atoms with van der Waals surface area (Å²) in [4.78, 5) is 2.40. The van der Waals surface area contributed by atoms with Crippen LogP contribution in [0.25, 0.3) is 0 Å². The van der Waals surface area contributed by atoms with Crippen LogP contribution in [0.1, 0.15) is 26.3 Å². The van der Waals surface area contributed by atoms with Crippen LogP contribution in [0.5, 0.6) is 0 Å². The molecular weight excluding hydrogens is 184 g/mol. The highest BCUT2D eigenvalue weighted by Gasteiger charge is 2.09. The molecule has 0 fully saturated rings. The average Bonchev–Trinajstić information content (AvgIpc) is 2.25. The lowest BCUT2D eigenvalue weighted by molar-refractivity contribution is 0.617. The summed E-state index contributed by atoms with van der Waals surface area (Å²) in [5.41, 5.74) is 8.27. The van der Waals surface area contributed by atoms with Gasteiger partial charge < -0.3 is 10.6 Å². The van der Waals surface area contributed by atoms with Crippen molar-refractivity contribution in [3.8, 4) is 0 Å². The van der Waals surface area contributed by atoms with E-state index in [0.29, 0.717) is 12.5 Å². The molecular formula is C13H22N2. The summed E-state index contributed by atoms with van der Waals surface area (Å²) in [6, 6.07) is 8.40. The second-order valence-corrected chi connectivity index (χ2v) is 4.27. The van der Waals surface area contributed by atoms with Crippen LogP contribution >= 0.6 is 0 Å². The van der Waals surface area contributed by atoms with Crippen molar-refractivity contribution in [2.45, 2.75) is 27.3 Å². The van der Waals surface area contributed by atoms with E-state index in [2.05, 4.69) is 49.9 Å². The van der Waals surface area contributed by atoms with Crippen molar-refractivity contribution in [3.63, 3.8) is 0 Å². The third kappa shape index (κ3) is 3.24. The molecule has 0 aromatic heterocycles. The minimum Gasteiger partial charge on any atom is -0.371 e. The summed E-state index contributed by atoms with van der Waals surface area (Å²) in [5.74, 6) is 0.677. The normalized spacial score (nSPS) is 10.7. The minimum absolute atomic E-state index is 0.616. The van der Waals surface area contributed by atoms with Crippen LogP contribution in [0.4, 0.5) is 5.69 Å². The lowest BCUT2D eigenvalue weighted by Crippen LogP contribution is -2.28. The van der Waals surface area contributed by atoms with Gasteiger partial charge in [0, 0.05) is 25.3 Å². The van der Waals surface area contributed by atoms with Crippen LogP contribution in [0.3, 0.4) is 0 Å².